The summed E-state index contributed by atoms with van der Waals surface area (Å²) in [4.78, 5) is 66.3. The molecular formula is C27H24N2O9. The molecular weight excluding hydrogens is 496 g/mol. The smallest absolute Gasteiger partial charge is 0.355 e. The van der Waals surface area contributed by atoms with E-state index < -0.39 is 29.5 Å². The zero-order valence-corrected chi connectivity index (χ0v) is 21.2. The van der Waals surface area contributed by atoms with Gasteiger partial charge in [-0.3, -0.25) is 19.2 Å². The average Bonchev–Trinajstić information content (AvgIpc) is 3.21. The number of nitrogens with zero attached hydrogens (tertiary/aromatic N) is 2. The zero-order valence-electron chi connectivity index (χ0n) is 21.2. The van der Waals surface area contributed by atoms with Crippen LogP contribution in [0.15, 0.2) is 29.1 Å². The van der Waals surface area contributed by atoms with Gasteiger partial charge in [0.25, 0.3) is 5.56 Å². The summed E-state index contributed by atoms with van der Waals surface area (Å²) in [7, 11) is 0. The van der Waals surface area contributed by atoms with Gasteiger partial charge in [-0.2, -0.15) is 0 Å². The highest BCUT2D eigenvalue weighted by Gasteiger charge is 2.50. The number of hydrogen-bond acceptors (Lipinski definition) is 10. The third kappa shape index (κ3) is 3.90. The van der Waals surface area contributed by atoms with Gasteiger partial charge >= 0.3 is 23.9 Å². The number of carbonyl (C=O) groups is 4. The predicted molar refractivity (Wildman–Crippen MR) is 131 cm³/mol. The lowest BCUT2D eigenvalue weighted by Crippen LogP contribution is -2.47. The molecule has 0 amide bonds. The van der Waals surface area contributed by atoms with Crippen molar-refractivity contribution >= 4 is 34.8 Å². The first-order chi connectivity index (χ1) is 18.1. The molecule has 196 valence electrons. The molecule has 0 saturated heterocycles. The van der Waals surface area contributed by atoms with Crippen molar-refractivity contribution < 1.29 is 38.1 Å². The molecule has 3 aromatic rings. The molecule has 0 aliphatic carbocycles. The Hall–Kier alpha value is -4.54. The molecule has 5 rings (SSSR count). The molecule has 0 spiro atoms. The molecule has 0 fully saturated rings. The van der Waals surface area contributed by atoms with Crippen LogP contribution in [0.1, 0.15) is 56.4 Å². The Kier molecular flexibility index (Phi) is 6.01. The molecule has 0 saturated carbocycles. The summed E-state index contributed by atoms with van der Waals surface area (Å²) < 4.78 is 22.8. The number of fused-ring (bicyclic) bond motifs is 5. The number of pyridine rings is 2. The van der Waals surface area contributed by atoms with E-state index >= 15 is 0 Å². The molecule has 0 unspecified atom stereocenters. The number of cyclic esters (lactones) is 1. The molecule has 2 aromatic heterocycles. The minimum atomic E-state index is -1.73. The maximum atomic E-state index is 13.6. The maximum absolute atomic E-state index is 13.6. The van der Waals surface area contributed by atoms with Crippen LogP contribution in [0.25, 0.3) is 22.3 Å². The van der Waals surface area contributed by atoms with Crippen LogP contribution in [0.4, 0.5) is 0 Å². The lowest BCUT2D eigenvalue weighted by Gasteiger charge is -2.35. The van der Waals surface area contributed by atoms with Crippen molar-refractivity contribution in [2.24, 2.45) is 0 Å². The van der Waals surface area contributed by atoms with Crippen LogP contribution >= 0.6 is 0 Å². The third-order valence-electron chi connectivity index (χ3n) is 6.72. The van der Waals surface area contributed by atoms with Gasteiger partial charge in [0, 0.05) is 42.8 Å². The van der Waals surface area contributed by atoms with Gasteiger partial charge in [0.1, 0.15) is 19.0 Å². The summed E-state index contributed by atoms with van der Waals surface area (Å²) in [6.45, 7) is 5.22. The van der Waals surface area contributed by atoms with E-state index in [-0.39, 0.29) is 43.1 Å². The number of benzene rings is 1. The van der Waals surface area contributed by atoms with E-state index in [9.17, 15) is 24.0 Å². The number of aromatic nitrogens is 2. The van der Waals surface area contributed by atoms with Crippen molar-refractivity contribution in [3.63, 3.8) is 0 Å². The van der Waals surface area contributed by atoms with Crippen molar-refractivity contribution in [3.8, 4) is 17.1 Å². The van der Waals surface area contributed by atoms with Crippen LogP contribution in [0, 0.1) is 0 Å². The Labute approximate surface area is 216 Å². The second kappa shape index (κ2) is 9.09. The minimum absolute atomic E-state index is 0.0811. The van der Waals surface area contributed by atoms with E-state index in [0.29, 0.717) is 39.0 Å². The highest BCUT2D eigenvalue weighted by atomic mass is 16.6. The fourth-order valence-electron chi connectivity index (χ4n) is 5.07. The molecule has 1 aromatic carbocycles. The van der Waals surface area contributed by atoms with Gasteiger partial charge in [0.2, 0.25) is 5.60 Å². The SMILES string of the molecule is CC[C@@]1(OC(C)=O)C(=O)OCc2c1cc1n(c2=O)Cc2cc3c(COC(C)=O)c(OC(C)=O)ccc3nc2-1. The van der Waals surface area contributed by atoms with Crippen molar-refractivity contribution in [2.45, 2.75) is 59.5 Å². The van der Waals surface area contributed by atoms with E-state index in [2.05, 4.69) is 0 Å². The highest BCUT2D eigenvalue weighted by molar-refractivity contribution is 5.90. The van der Waals surface area contributed by atoms with Crippen molar-refractivity contribution in [1.82, 2.24) is 9.55 Å². The van der Waals surface area contributed by atoms with Gasteiger partial charge < -0.3 is 23.5 Å². The van der Waals surface area contributed by atoms with Crippen LogP contribution in [-0.4, -0.2) is 33.4 Å². The second-order valence-electron chi connectivity index (χ2n) is 9.14. The summed E-state index contributed by atoms with van der Waals surface area (Å²) in [6, 6.07) is 6.71. The molecule has 1 atom stereocenters. The molecule has 38 heavy (non-hydrogen) atoms. The van der Waals surface area contributed by atoms with Crippen LogP contribution in [0.3, 0.4) is 0 Å². The van der Waals surface area contributed by atoms with Gasteiger partial charge in [-0.25, -0.2) is 9.78 Å². The van der Waals surface area contributed by atoms with Gasteiger partial charge in [0.05, 0.1) is 29.0 Å². The summed E-state index contributed by atoms with van der Waals surface area (Å²) in [5.74, 6) is -2.20. The van der Waals surface area contributed by atoms with Crippen LogP contribution in [0.2, 0.25) is 0 Å². The van der Waals surface area contributed by atoms with Crippen molar-refractivity contribution in [3.05, 3.63) is 56.9 Å². The first kappa shape index (κ1) is 25.1. The Morgan fingerprint density at radius 2 is 1.84 bits per heavy atom. The first-order valence-electron chi connectivity index (χ1n) is 12.0. The van der Waals surface area contributed by atoms with E-state index in [1.54, 1.807) is 25.1 Å². The van der Waals surface area contributed by atoms with Crippen LogP contribution in [-0.2, 0) is 58.7 Å². The monoisotopic (exact) mass is 520 g/mol. The van der Waals surface area contributed by atoms with Gasteiger partial charge in [-0.15, -0.1) is 0 Å². The highest BCUT2D eigenvalue weighted by Crippen LogP contribution is 2.41. The summed E-state index contributed by atoms with van der Waals surface area (Å²) in [6.07, 6.45) is 0.0811. The molecule has 0 N–H and O–H groups in total. The Balaban J connectivity index is 1.71. The second-order valence-corrected chi connectivity index (χ2v) is 9.14. The predicted octanol–water partition coefficient (Wildman–Crippen LogP) is 2.64. The normalized spacial score (nSPS) is 17.2. The number of carbonyl (C=O) groups excluding carboxylic acids is 4. The van der Waals surface area contributed by atoms with Gasteiger partial charge in [-0.05, 0) is 30.7 Å². The molecule has 4 heterocycles. The summed E-state index contributed by atoms with van der Waals surface area (Å²) in [5.41, 5.74) is 1.08. The van der Waals surface area contributed by atoms with E-state index in [4.69, 9.17) is 23.9 Å². The van der Waals surface area contributed by atoms with Crippen molar-refractivity contribution in [1.29, 1.82) is 0 Å². The van der Waals surface area contributed by atoms with Gasteiger partial charge in [-0.1, -0.05) is 6.92 Å². The number of ether oxygens (including phenoxy) is 4. The number of hydrogen-bond donors (Lipinski definition) is 0. The fraction of sp³-hybridized carbons (Fsp3) is 0.333. The van der Waals surface area contributed by atoms with Crippen molar-refractivity contribution in [2.75, 3.05) is 0 Å². The standard InChI is InChI=1S/C27H24N2O9/c1-5-27(38-15(4)32)20-9-22-24-16(10-29(22)25(33)19(20)12-36-26(27)34)8-17-18(11-35-13(2)30)23(37-14(3)31)7-6-21(17)28-24/h6-9H,5,10-12H2,1-4H3/t27-/m0/s1. The Morgan fingerprint density at radius 1 is 1.08 bits per heavy atom. The molecule has 2 aliphatic heterocycles. The molecule has 0 radical (unpaired) electrons. The van der Waals surface area contributed by atoms with E-state index in [0.717, 1.165) is 0 Å². The number of esters is 4. The lowest BCUT2D eigenvalue weighted by molar-refractivity contribution is -0.188. The summed E-state index contributed by atoms with van der Waals surface area (Å²) in [5, 5.41) is 0.593. The van der Waals surface area contributed by atoms with Crippen LogP contribution < -0.4 is 10.3 Å². The quantitative estimate of drug-likeness (QED) is 0.219. The van der Waals surface area contributed by atoms with E-state index in [1.165, 1.54) is 25.3 Å². The first-order valence-corrected chi connectivity index (χ1v) is 12.0. The van der Waals surface area contributed by atoms with Gasteiger partial charge in [0.15, 0.2) is 0 Å². The zero-order chi connectivity index (χ0) is 27.4. The fourth-order valence-corrected chi connectivity index (χ4v) is 5.07. The van der Waals surface area contributed by atoms with Crippen LogP contribution in [0.5, 0.6) is 5.75 Å². The molecule has 2 aliphatic rings. The maximum Gasteiger partial charge on any atom is 0.355 e. The van der Waals surface area contributed by atoms with E-state index in [1.807, 2.05) is 6.07 Å². The Morgan fingerprint density at radius 3 is 2.50 bits per heavy atom. The minimum Gasteiger partial charge on any atom is -0.461 e. The molecule has 11 heteroatoms. The topological polar surface area (TPSA) is 140 Å². The number of rotatable bonds is 5. The lowest BCUT2D eigenvalue weighted by atomic mass is 9.85. The molecule has 0 bridgehead atoms. The summed E-state index contributed by atoms with van der Waals surface area (Å²) >= 11 is 0. The largest absolute Gasteiger partial charge is 0.461 e. The third-order valence-corrected chi connectivity index (χ3v) is 6.72. The average molecular weight is 520 g/mol. The molecule has 11 nitrogen and oxygen atoms in total. The Bertz CT molecular complexity index is 1620.